The number of nitrogens with one attached hydrogen (secondary N) is 1. The molecule has 0 bridgehead atoms. The zero-order chi connectivity index (χ0) is 26.7. The SMILES string of the molecule is C[C@H](Nc1nccc(-c2cc(N3CCN(C)CC3)nnc2-c2cccc(C(F)(F)F)c2)n1)c1ccccc1. The van der Waals surface area contributed by atoms with E-state index in [1.807, 2.05) is 43.3 Å². The van der Waals surface area contributed by atoms with Crippen molar-refractivity contribution in [1.29, 1.82) is 0 Å². The van der Waals surface area contributed by atoms with E-state index in [1.54, 1.807) is 18.3 Å². The van der Waals surface area contributed by atoms with Crippen LogP contribution >= 0.6 is 0 Å². The molecule has 3 heterocycles. The fourth-order valence-corrected chi connectivity index (χ4v) is 4.42. The molecule has 4 aromatic rings. The van der Waals surface area contributed by atoms with Gasteiger partial charge in [0.05, 0.1) is 17.3 Å². The van der Waals surface area contributed by atoms with Gasteiger partial charge in [-0.25, -0.2) is 9.97 Å². The third kappa shape index (κ3) is 5.75. The first kappa shape index (κ1) is 25.6. The predicted molar refractivity (Wildman–Crippen MR) is 142 cm³/mol. The molecule has 5 rings (SSSR count). The van der Waals surface area contributed by atoms with E-state index in [1.165, 1.54) is 6.07 Å². The van der Waals surface area contributed by atoms with Crippen molar-refractivity contribution in [3.63, 3.8) is 0 Å². The summed E-state index contributed by atoms with van der Waals surface area (Å²) >= 11 is 0. The van der Waals surface area contributed by atoms with E-state index in [0.717, 1.165) is 43.9 Å². The molecule has 1 aliphatic heterocycles. The number of nitrogens with zero attached hydrogens (tertiary/aromatic N) is 6. The summed E-state index contributed by atoms with van der Waals surface area (Å²) in [5.74, 6) is 1.07. The Morgan fingerprint density at radius 3 is 2.39 bits per heavy atom. The number of benzene rings is 2. The van der Waals surface area contributed by atoms with E-state index in [2.05, 4.69) is 37.3 Å². The molecule has 0 saturated carbocycles. The van der Waals surface area contributed by atoms with Crippen molar-refractivity contribution in [3.05, 3.63) is 84.1 Å². The molecule has 1 N–H and O–H groups in total. The van der Waals surface area contributed by atoms with E-state index in [9.17, 15) is 13.2 Å². The topological polar surface area (TPSA) is 70.1 Å². The van der Waals surface area contributed by atoms with Crippen molar-refractivity contribution in [1.82, 2.24) is 25.1 Å². The molecule has 10 heteroatoms. The van der Waals surface area contributed by atoms with Crippen molar-refractivity contribution in [2.75, 3.05) is 43.4 Å². The predicted octanol–water partition coefficient (Wildman–Crippen LogP) is 5.54. The highest BCUT2D eigenvalue weighted by Gasteiger charge is 2.31. The van der Waals surface area contributed by atoms with Crippen molar-refractivity contribution in [2.24, 2.45) is 0 Å². The smallest absolute Gasteiger partial charge is 0.353 e. The Kier molecular flexibility index (Phi) is 7.24. The standard InChI is InChI=1S/C28H28F3N7/c1-19(20-7-4-3-5-8-20)33-27-32-12-11-24(34-27)23-18-25(38-15-13-37(2)14-16-38)35-36-26(23)21-9-6-10-22(17-21)28(29,30)31/h3-12,17-19H,13-16H2,1-2H3,(H,32,33,34)/t19-/m0/s1. The minimum absolute atomic E-state index is 0.0501. The normalized spacial score (nSPS) is 15.3. The number of anilines is 2. The van der Waals surface area contributed by atoms with Crippen LogP contribution in [0.1, 0.15) is 24.1 Å². The highest BCUT2D eigenvalue weighted by Crippen LogP contribution is 2.36. The first-order valence-corrected chi connectivity index (χ1v) is 12.4. The maximum atomic E-state index is 13.5. The number of alkyl halides is 3. The molecule has 0 unspecified atom stereocenters. The summed E-state index contributed by atoms with van der Waals surface area (Å²) in [6.45, 7) is 5.33. The zero-order valence-corrected chi connectivity index (χ0v) is 21.2. The van der Waals surface area contributed by atoms with Crippen LogP contribution in [-0.2, 0) is 6.18 Å². The largest absolute Gasteiger partial charge is 0.416 e. The average Bonchev–Trinajstić information content (AvgIpc) is 2.93. The molecule has 2 aromatic heterocycles. The molecule has 0 radical (unpaired) electrons. The third-order valence-corrected chi connectivity index (χ3v) is 6.65. The number of rotatable bonds is 6. The van der Waals surface area contributed by atoms with E-state index >= 15 is 0 Å². The monoisotopic (exact) mass is 519 g/mol. The fourth-order valence-electron chi connectivity index (χ4n) is 4.42. The summed E-state index contributed by atoms with van der Waals surface area (Å²) < 4.78 is 40.5. The van der Waals surface area contributed by atoms with Gasteiger partial charge in [0.2, 0.25) is 5.95 Å². The number of likely N-dealkylation sites (N-methyl/N-ethyl adjacent to an activating group) is 1. The summed E-state index contributed by atoms with van der Waals surface area (Å²) in [4.78, 5) is 13.5. The molecule has 0 amide bonds. The number of piperazine rings is 1. The van der Waals surface area contributed by atoms with Crippen LogP contribution in [0, 0.1) is 0 Å². The number of halogens is 3. The summed E-state index contributed by atoms with van der Waals surface area (Å²) in [6.07, 6.45) is -2.84. The molecule has 196 valence electrons. The van der Waals surface area contributed by atoms with Gasteiger partial charge in [0.1, 0.15) is 5.69 Å². The van der Waals surface area contributed by atoms with Crippen LogP contribution in [-0.4, -0.2) is 58.3 Å². The van der Waals surface area contributed by atoms with Crippen molar-refractivity contribution in [2.45, 2.75) is 19.1 Å². The molecular formula is C28H28F3N7. The van der Waals surface area contributed by atoms with E-state index in [0.29, 0.717) is 34.3 Å². The lowest BCUT2D eigenvalue weighted by Gasteiger charge is -2.33. The van der Waals surface area contributed by atoms with Gasteiger partial charge >= 0.3 is 6.18 Å². The Morgan fingerprint density at radius 2 is 1.66 bits per heavy atom. The van der Waals surface area contributed by atoms with E-state index < -0.39 is 11.7 Å². The van der Waals surface area contributed by atoms with E-state index in [4.69, 9.17) is 4.98 Å². The molecule has 0 aliphatic carbocycles. The van der Waals surface area contributed by atoms with Gasteiger partial charge in [-0.05, 0) is 43.8 Å². The summed E-state index contributed by atoms with van der Waals surface area (Å²) in [5, 5.41) is 12.2. The maximum Gasteiger partial charge on any atom is 0.416 e. The summed E-state index contributed by atoms with van der Waals surface area (Å²) in [7, 11) is 2.07. The highest BCUT2D eigenvalue weighted by atomic mass is 19.4. The first-order valence-electron chi connectivity index (χ1n) is 12.4. The Morgan fingerprint density at radius 1 is 0.895 bits per heavy atom. The van der Waals surface area contributed by atoms with Crippen molar-refractivity contribution < 1.29 is 13.2 Å². The molecular weight excluding hydrogens is 491 g/mol. The molecule has 38 heavy (non-hydrogen) atoms. The Balaban J connectivity index is 1.55. The van der Waals surface area contributed by atoms with Gasteiger partial charge < -0.3 is 15.1 Å². The van der Waals surface area contributed by atoms with Gasteiger partial charge in [-0.1, -0.05) is 42.5 Å². The van der Waals surface area contributed by atoms with Crippen LogP contribution in [0.2, 0.25) is 0 Å². The van der Waals surface area contributed by atoms with Crippen molar-refractivity contribution in [3.8, 4) is 22.5 Å². The quantitative estimate of drug-likeness (QED) is 0.359. The molecule has 7 nitrogen and oxygen atoms in total. The Bertz CT molecular complexity index is 1390. The second-order valence-corrected chi connectivity index (χ2v) is 9.38. The molecule has 2 aromatic carbocycles. The molecule has 1 saturated heterocycles. The third-order valence-electron chi connectivity index (χ3n) is 6.65. The lowest BCUT2D eigenvalue weighted by molar-refractivity contribution is -0.137. The number of hydrogen-bond donors (Lipinski definition) is 1. The van der Waals surface area contributed by atoms with Crippen LogP contribution in [0.15, 0.2) is 72.9 Å². The summed E-state index contributed by atoms with van der Waals surface area (Å²) in [6, 6.07) is 18.6. The summed E-state index contributed by atoms with van der Waals surface area (Å²) in [5.41, 5.74) is 2.11. The van der Waals surface area contributed by atoms with Crippen LogP contribution in [0.25, 0.3) is 22.5 Å². The van der Waals surface area contributed by atoms with Gasteiger partial charge in [-0.3, -0.25) is 0 Å². The molecule has 1 fully saturated rings. The lowest BCUT2D eigenvalue weighted by atomic mass is 10.0. The second kappa shape index (κ2) is 10.7. The second-order valence-electron chi connectivity index (χ2n) is 9.38. The van der Waals surface area contributed by atoms with Crippen LogP contribution in [0.3, 0.4) is 0 Å². The first-order chi connectivity index (χ1) is 18.3. The van der Waals surface area contributed by atoms with Crippen molar-refractivity contribution >= 4 is 11.8 Å². The zero-order valence-electron chi connectivity index (χ0n) is 21.2. The molecule has 1 atom stereocenters. The Labute approximate surface area is 219 Å². The van der Waals surface area contributed by atoms with Gasteiger partial charge in [-0.2, -0.15) is 13.2 Å². The average molecular weight is 520 g/mol. The Hall–Kier alpha value is -4.05. The van der Waals surface area contributed by atoms with Gasteiger partial charge in [0.25, 0.3) is 0 Å². The van der Waals surface area contributed by atoms with E-state index in [-0.39, 0.29) is 6.04 Å². The maximum absolute atomic E-state index is 13.5. The van der Waals surface area contributed by atoms with Gasteiger partial charge in [-0.15, -0.1) is 10.2 Å². The van der Waals surface area contributed by atoms with Crippen LogP contribution in [0.4, 0.5) is 24.9 Å². The van der Waals surface area contributed by atoms with Crippen LogP contribution in [0.5, 0.6) is 0 Å². The fraction of sp³-hybridized carbons (Fsp3) is 0.286. The minimum atomic E-state index is -4.47. The number of hydrogen-bond acceptors (Lipinski definition) is 7. The molecule has 0 spiro atoms. The lowest BCUT2D eigenvalue weighted by Crippen LogP contribution is -2.44. The number of aromatic nitrogens is 4. The van der Waals surface area contributed by atoms with Gasteiger partial charge in [0.15, 0.2) is 5.82 Å². The van der Waals surface area contributed by atoms with Gasteiger partial charge in [0, 0.05) is 43.5 Å². The highest BCUT2D eigenvalue weighted by molar-refractivity contribution is 5.81. The van der Waals surface area contributed by atoms with Crippen LogP contribution < -0.4 is 10.2 Å². The molecule has 1 aliphatic rings. The minimum Gasteiger partial charge on any atom is -0.353 e.